The molecule has 0 spiro atoms. The maximum atomic E-state index is 5.56. The van der Waals surface area contributed by atoms with Crippen molar-refractivity contribution in [3.8, 4) is 0 Å². The number of hydrogen-bond donors (Lipinski definition) is 0. The molecular formula is C12H14BrNO2. The van der Waals surface area contributed by atoms with E-state index < -0.39 is 0 Å². The van der Waals surface area contributed by atoms with E-state index in [0.717, 1.165) is 12.0 Å². The van der Waals surface area contributed by atoms with Gasteiger partial charge in [0, 0.05) is 5.56 Å². The molecule has 3 nitrogen and oxygen atoms in total. The zero-order chi connectivity index (χ0) is 11.8. The maximum Gasteiger partial charge on any atom is 0.254 e. The predicted molar refractivity (Wildman–Crippen MR) is 66.9 cm³/mol. The summed E-state index contributed by atoms with van der Waals surface area (Å²) in [7, 11) is 0. The molecule has 1 aromatic heterocycles. The summed E-state index contributed by atoms with van der Waals surface area (Å²) in [4.78, 5) is 4.49. The first-order chi connectivity index (χ1) is 7.52. The minimum atomic E-state index is -0.167. The van der Waals surface area contributed by atoms with Gasteiger partial charge in [0.25, 0.3) is 5.90 Å². The molecule has 0 unspecified atom stereocenters. The molecule has 0 aromatic carbocycles. The molecule has 2 rings (SSSR count). The monoisotopic (exact) mass is 283 g/mol. The summed E-state index contributed by atoms with van der Waals surface area (Å²) in [5, 5.41) is 0. The van der Waals surface area contributed by atoms with E-state index in [1.807, 2.05) is 26.0 Å². The average Bonchev–Trinajstić information content (AvgIpc) is 2.70. The fraction of sp³-hybridized carbons (Fsp3) is 0.417. The fourth-order valence-electron chi connectivity index (χ4n) is 1.58. The molecule has 4 heteroatoms. The van der Waals surface area contributed by atoms with E-state index in [1.54, 1.807) is 0 Å². The Bertz CT molecular complexity index is 446. The molecule has 1 aliphatic rings. The van der Waals surface area contributed by atoms with E-state index in [-0.39, 0.29) is 5.54 Å². The van der Waals surface area contributed by atoms with Gasteiger partial charge in [0.05, 0.1) is 5.54 Å². The Morgan fingerprint density at radius 1 is 1.62 bits per heavy atom. The second-order valence-electron chi connectivity index (χ2n) is 4.42. The summed E-state index contributed by atoms with van der Waals surface area (Å²) in [6, 6.07) is 1.92. The summed E-state index contributed by atoms with van der Waals surface area (Å²) in [6.45, 7) is 8.38. The quantitative estimate of drug-likeness (QED) is 0.798. The van der Waals surface area contributed by atoms with E-state index in [4.69, 9.17) is 9.15 Å². The van der Waals surface area contributed by atoms with Crippen LogP contribution in [-0.2, 0) is 11.2 Å². The van der Waals surface area contributed by atoms with Crippen molar-refractivity contribution < 1.29 is 9.15 Å². The minimum Gasteiger partial charge on any atom is -0.473 e. The Hall–Kier alpha value is -1.03. The molecule has 0 N–H and O–H groups in total. The summed E-state index contributed by atoms with van der Waals surface area (Å²) in [6.07, 6.45) is 2.58. The van der Waals surface area contributed by atoms with Gasteiger partial charge < -0.3 is 9.15 Å². The van der Waals surface area contributed by atoms with Crippen LogP contribution in [0.4, 0.5) is 0 Å². The molecule has 0 aliphatic carbocycles. The van der Waals surface area contributed by atoms with Crippen molar-refractivity contribution in [1.29, 1.82) is 0 Å². The Balaban J connectivity index is 2.37. The second-order valence-corrected chi connectivity index (χ2v) is 5.20. The second kappa shape index (κ2) is 4.09. The number of hydrogen-bond acceptors (Lipinski definition) is 3. The van der Waals surface area contributed by atoms with Crippen molar-refractivity contribution >= 4 is 21.8 Å². The molecule has 0 atom stereocenters. The number of ether oxygens (including phenoxy) is 1. The van der Waals surface area contributed by atoms with Crippen LogP contribution in [0.5, 0.6) is 0 Å². The van der Waals surface area contributed by atoms with Crippen molar-refractivity contribution in [3.05, 3.63) is 34.7 Å². The smallest absolute Gasteiger partial charge is 0.254 e. The Morgan fingerprint density at radius 3 is 2.94 bits per heavy atom. The fourth-order valence-corrected chi connectivity index (χ4v) is 2.02. The zero-order valence-electron chi connectivity index (χ0n) is 9.42. The van der Waals surface area contributed by atoms with Crippen molar-refractivity contribution in [1.82, 2.24) is 0 Å². The van der Waals surface area contributed by atoms with Crippen LogP contribution in [0.25, 0.3) is 0 Å². The van der Waals surface area contributed by atoms with Gasteiger partial charge in [-0.15, -0.1) is 6.58 Å². The summed E-state index contributed by atoms with van der Waals surface area (Å²) in [5.74, 6) is 1.30. The molecular weight excluding hydrogens is 270 g/mol. The van der Waals surface area contributed by atoms with Gasteiger partial charge in [0.2, 0.25) is 0 Å². The molecule has 16 heavy (non-hydrogen) atoms. The van der Waals surface area contributed by atoms with Crippen molar-refractivity contribution in [2.45, 2.75) is 25.8 Å². The van der Waals surface area contributed by atoms with Crippen molar-refractivity contribution in [2.75, 3.05) is 6.61 Å². The van der Waals surface area contributed by atoms with Crippen molar-refractivity contribution in [2.24, 2.45) is 4.99 Å². The van der Waals surface area contributed by atoms with Gasteiger partial charge >= 0.3 is 0 Å². The van der Waals surface area contributed by atoms with Gasteiger partial charge in [-0.05, 0) is 42.3 Å². The largest absolute Gasteiger partial charge is 0.473 e. The first-order valence-electron chi connectivity index (χ1n) is 5.14. The van der Waals surface area contributed by atoms with Gasteiger partial charge in [0.1, 0.15) is 6.61 Å². The third-order valence-corrected chi connectivity index (χ3v) is 2.69. The highest BCUT2D eigenvalue weighted by Gasteiger charge is 2.30. The number of aliphatic imine (C=N–C) groups is 1. The zero-order valence-corrected chi connectivity index (χ0v) is 11.0. The van der Waals surface area contributed by atoms with Gasteiger partial charge in [-0.25, -0.2) is 4.99 Å². The van der Waals surface area contributed by atoms with Crippen LogP contribution < -0.4 is 0 Å². The molecule has 0 bridgehead atoms. The topological polar surface area (TPSA) is 34.7 Å². The normalized spacial score (nSPS) is 18.1. The van der Waals surface area contributed by atoms with Crippen LogP contribution in [0.2, 0.25) is 0 Å². The van der Waals surface area contributed by atoms with Gasteiger partial charge in [-0.2, -0.15) is 0 Å². The molecule has 0 amide bonds. The van der Waals surface area contributed by atoms with E-state index in [2.05, 4.69) is 27.5 Å². The highest BCUT2D eigenvalue weighted by Crippen LogP contribution is 2.27. The SMILES string of the molecule is C=CCc1cc(Br)oc1C1=NC(C)(C)CO1. The average molecular weight is 284 g/mol. The lowest BCUT2D eigenvalue weighted by molar-refractivity contribution is 0.275. The van der Waals surface area contributed by atoms with E-state index in [1.165, 1.54) is 0 Å². The van der Waals surface area contributed by atoms with Gasteiger partial charge in [-0.3, -0.25) is 0 Å². The third-order valence-electron chi connectivity index (χ3n) is 2.30. The molecule has 0 fully saturated rings. The summed E-state index contributed by atoms with van der Waals surface area (Å²) >= 11 is 3.32. The number of rotatable bonds is 3. The molecule has 2 heterocycles. The van der Waals surface area contributed by atoms with E-state index >= 15 is 0 Å². The highest BCUT2D eigenvalue weighted by molar-refractivity contribution is 9.10. The molecule has 1 aliphatic heterocycles. The first kappa shape index (κ1) is 11.5. The summed E-state index contributed by atoms with van der Waals surface area (Å²) in [5.41, 5.74) is 0.873. The van der Waals surface area contributed by atoms with Gasteiger partial charge in [0.15, 0.2) is 10.4 Å². The van der Waals surface area contributed by atoms with Crippen LogP contribution in [0.1, 0.15) is 25.2 Å². The number of halogens is 1. The number of furan rings is 1. The van der Waals surface area contributed by atoms with Crippen LogP contribution in [0.3, 0.4) is 0 Å². The Kier molecular flexibility index (Phi) is 2.93. The van der Waals surface area contributed by atoms with Crippen LogP contribution in [-0.4, -0.2) is 18.0 Å². The van der Waals surface area contributed by atoms with Crippen LogP contribution >= 0.6 is 15.9 Å². The Labute approximate surface area is 103 Å². The van der Waals surface area contributed by atoms with Gasteiger partial charge in [-0.1, -0.05) is 6.08 Å². The maximum absolute atomic E-state index is 5.56. The number of allylic oxidation sites excluding steroid dienone is 1. The van der Waals surface area contributed by atoms with Crippen LogP contribution in [0, 0.1) is 0 Å². The molecule has 0 saturated heterocycles. The van der Waals surface area contributed by atoms with E-state index in [0.29, 0.717) is 22.9 Å². The number of nitrogens with zero attached hydrogens (tertiary/aromatic N) is 1. The predicted octanol–water partition coefficient (Wildman–Crippen LogP) is 3.33. The lowest BCUT2D eigenvalue weighted by Crippen LogP contribution is -2.17. The summed E-state index contributed by atoms with van der Waals surface area (Å²) < 4.78 is 11.8. The standard InChI is InChI=1S/C12H14BrNO2/c1-4-5-8-6-9(13)16-10(8)11-14-12(2,3)7-15-11/h4,6H,1,5,7H2,2-3H3. The lowest BCUT2D eigenvalue weighted by Gasteiger charge is -2.07. The Morgan fingerprint density at radius 2 is 2.38 bits per heavy atom. The molecule has 1 aromatic rings. The van der Waals surface area contributed by atoms with Crippen LogP contribution in [0.15, 0.2) is 32.8 Å². The van der Waals surface area contributed by atoms with E-state index in [9.17, 15) is 0 Å². The first-order valence-corrected chi connectivity index (χ1v) is 5.93. The molecule has 0 radical (unpaired) electrons. The molecule has 86 valence electrons. The molecule has 0 saturated carbocycles. The minimum absolute atomic E-state index is 0.167. The van der Waals surface area contributed by atoms with Crippen molar-refractivity contribution in [3.63, 3.8) is 0 Å². The third kappa shape index (κ3) is 2.21. The lowest BCUT2D eigenvalue weighted by atomic mass is 10.1. The highest BCUT2D eigenvalue weighted by atomic mass is 79.9.